The Morgan fingerprint density at radius 1 is 1.60 bits per heavy atom. The second kappa shape index (κ2) is 3.71. The van der Waals surface area contributed by atoms with Gasteiger partial charge in [0.15, 0.2) is 6.29 Å². The van der Waals surface area contributed by atoms with Crippen LogP contribution in [-0.4, -0.2) is 16.2 Å². The number of carbonyl (C=O) groups is 1. The van der Waals surface area contributed by atoms with E-state index in [4.69, 9.17) is 5.26 Å². The number of aromatic amines is 1. The zero-order chi connectivity index (χ0) is 11.6. The van der Waals surface area contributed by atoms with Gasteiger partial charge in [0.2, 0.25) is 0 Å². The van der Waals surface area contributed by atoms with Crippen LogP contribution in [0.1, 0.15) is 21.6 Å². The number of nitriles is 1. The van der Waals surface area contributed by atoms with Crippen molar-refractivity contribution in [3.8, 4) is 6.07 Å². The van der Waals surface area contributed by atoms with Crippen molar-refractivity contribution in [2.45, 2.75) is 6.92 Å². The largest absolute Gasteiger partial charge is 0.319 e. The number of aryl methyl sites for hydroxylation is 1. The summed E-state index contributed by atoms with van der Waals surface area (Å²) >= 11 is 0. The molecule has 0 spiro atoms. The van der Waals surface area contributed by atoms with Crippen molar-refractivity contribution in [2.24, 2.45) is 0 Å². The standard InChI is InChI=1S/C8H5N3O4/c1-4-7(11(14)15)6(3-12)5(2-9)8(13)10-4/h3H,1H3,(H,10,13). The molecule has 1 aromatic heterocycles. The summed E-state index contributed by atoms with van der Waals surface area (Å²) in [5.41, 5.74) is -2.42. The van der Waals surface area contributed by atoms with Gasteiger partial charge in [0, 0.05) is 0 Å². The Morgan fingerprint density at radius 3 is 2.60 bits per heavy atom. The molecule has 0 aliphatic rings. The lowest BCUT2D eigenvalue weighted by Gasteiger charge is -2.00. The summed E-state index contributed by atoms with van der Waals surface area (Å²) in [6, 6.07) is 1.46. The topological polar surface area (TPSA) is 117 Å². The molecule has 0 radical (unpaired) electrons. The Morgan fingerprint density at radius 2 is 2.20 bits per heavy atom. The fourth-order valence-electron chi connectivity index (χ4n) is 1.20. The Labute approximate surface area is 83.1 Å². The summed E-state index contributed by atoms with van der Waals surface area (Å²) in [7, 11) is 0. The molecule has 0 fully saturated rings. The lowest BCUT2D eigenvalue weighted by Crippen LogP contribution is -2.17. The molecular weight excluding hydrogens is 202 g/mol. The van der Waals surface area contributed by atoms with Gasteiger partial charge >= 0.3 is 0 Å². The Kier molecular flexibility index (Phi) is 2.62. The van der Waals surface area contributed by atoms with Gasteiger partial charge in [0.1, 0.15) is 17.2 Å². The number of H-pyrrole nitrogens is 1. The van der Waals surface area contributed by atoms with E-state index in [-0.39, 0.29) is 12.0 Å². The summed E-state index contributed by atoms with van der Waals surface area (Å²) < 4.78 is 0. The van der Waals surface area contributed by atoms with Crippen LogP contribution < -0.4 is 5.56 Å². The van der Waals surface area contributed by atoms with Crippen LogP contribution in [0.25, 0.3) is 0 Å². The molecular formula is C8H5N3O4. The molecule has 1 N–H and O–H groups in total. The van der Waals surface area contributed by atoms with Crippen LogP contribution in [0.3, 0.4) is 0 Å². The number of pyridine rings is 1. The fourth-order valence-corrected chi connectivity index (χ4v) is 1.20. The van der Waals surface area contributed by atoms with Crippen LogP contribution in [0, 0.1) is 28.4 Å². The highest BCUT2D eigenvalue weighted by atomic mass is 16.6. The summed E-state index contributed by atoms with van der Waals surface area (Å²) in [5.74, 6) is 0. The molecule has 0 amide bonds. The predicted octanol–water partition coefficient (Wildman–Crippen LogP) is 0.276. The van der Waals surface area contributed by atoms with Gasteiger partial charge in [0.05, 0.1) is 10.6 Å². The number of aldehydes is 1. The van der Waals surface area contributed by atoms with Gasteiger partial charge in [-0.2, -0.15) is 5.26 Å². The van der Waals surface area contributed by atoms with Gasteiger partial charge in [0.25, 0.3) is 11.2 Å². The summed E-state index contributed by atoms with van der Waals surface area (Å²) in [5, 5.41) is 19.2. The maximum Gasteiger partial charge on any atom is 0.300 e. The van der Waals surface area contributed by atoms with Gasteiger partial charge in [-0.1, -0.05) is 0 Å². The molecule has 0 atom stereocenters. The SMILES string of the molecule is Cc1[nH]c(=O)c(C#N)c(C=O)c1[N+](=O)[O-]. The average molecular weight is 207 g/mol. The second-order valence-electron chi connectivity index (χ2n) is 2.70. The highest BCUT2D eigenvalue weighted by molar-refractivity contribution is 5.85. The summed E-state index contributed by atoms with van der Waals surface area (Å²) in [6.45, 7) is 1.29. The van der Waals surface area contributed by atoms with E-state index in [1.54, 1.807) is 0 Å². The van der Waals surface area contributed by atoms with E-state index in [9.17, 15) is 19.7 Å². The number of rotatable bonds is 2. The number of nitrogens with zero attached hydrogens (tertiary/aromatic N) is 2. The van der Waals surface area contributed by atoms with E-state index >= 15 is 0 Å². The minimum Gasteiger partial charge on any atom is -0.319 e. The molecule has 0 bridgehead atoms. The molecule has 1 rings (SSSR count). The lowest BCUT2D eigenvalue weighted by atomic mass is 10.1. The zero-order valence-corrected chi connectivity index (χ0v) is 7.60. The van der Waals surface area contributed by atoms with Gasteiger partial charge < -0.3 is 4.98 Å². The molecule has 76 valence electrons. The number of aromatic nitrogens is 1. The number of nitrogens with one attached hydrogen (secondary N) is 1. The third-order valence-electron chi connectivity index (χ3n) is 1.82. The molecule has 0 aromatic carbocycles. The molecule has 0 aliphatic heterocycles. The van der Waals surface area contributed by atoms with E-state index in [1.165, 1.54) is 13.0 Å². The number of hydrogen-bond donors (Lipinski definition) is 1. The van der Waals surface area contributed by atoms with Crippen LogP contribution in [0.2, 0.25) is 0 Å². The van der Waals surface area contributed by atoms with Crippen molar-refractivity contribution in [3.63, 3.8) is 0 Å². The zero-order valence-electron chi connectivity index (χ0n) is 7.60. The molecule has 0 unspecified atom stereocenters. The van der Waals surface area contributed by atoms with Crippen LogP contribution in [0.4, 0.5) is 5.69 Å². The van der Waals surface area contributed by atoms with Crippen LogP contribution in [-0.2, 0) is 0 Å². The van der Waals surface area contributed by atoms with Crippen molar-refractivity contribution in [2.75, 3.05) is 0 Å². The smallest absolute Gasteiger partial charge is 0.300 e. The van der Waals surface area contributed by atoms with E-state index in [1.807, 2.05) is 0 Å². The first kappa shape index (κ1) is 10.6. The van der Waals surface area contributed by atoms with Crippen molar-refractivity contribution < 1.29 is 9.72 Å². The van der Waals surface area contributed by atoms with E-state index in [2.05, 4.69) is 4.98 Å². The van der Waals surface area contributed by atoms with E-state index in [0.717, 1.165) is 0 Å². The fraction of sp³-hybridized carbons (Fsp3) is 0.125. The number of nitro groups is 1. The molecule has 7 nitrogen and oxygen atoms in total. The third-order valence-corrected chi connectivity index (χ3v) is 1.82. The normalized spacial score (nSPS) is 9.33. The Balaban J connectivity index is 3.82. The van der Waals surface area contributed by atoms with E-state index < -0.39 is 27.3 Å². The second-order valence-corrected chi connectivity index (χ2v) is 2.70. The first-order chi connectivity index (χ1) is 7.02. The number of hydrogen-bond acceptors (Lipinski definition) is 5. The van der Waals surface area contributed by atoms with Gasteiger partial charge in [-0.05, 0) is 6.92 Å². The van der Waals surface area contributed by atoms with Crippen molar-refractivity contribution in [1.82, 2.24) is 4.98 Å². The minimum absolute atomic E-state index is 0.0499. The molecule has 1 aromatic rings. The first-order valence-electron chi connectivity index (χ1n) is 3.79. The van der Waals surface area contributed by atoms with E-state index in [0.29, 0.717) is 0 Å². The average Bonchev–Trinajstić information content (AvgIpc) is 2.15. The van der Waals surface area contributed by atoms with Gasteiger partial charge in [-0.3, -0.25) is 19.7 Å². The predicted molar refractivity (Wildman–Crippen MR) is 48.6 cm³/mol. The molecule has 15 heavy (non-hydrogen) atoms. The van der Waals surface area contributed by atoms with Gasteiger partial charge in [-0.15, -0.1) is 0 Å². The Bertz CT molecular complexity index is 538. The van der Waals surface area contributed by atoms with Crippen molar-refractivity contribution >= 4 is 12.0 Å². The molecule has 0 aliphatic carbocycles. The maximum absolute atomic E-state index is 11.2. The molecule has 7 heteroatoms. The summed E-state index contributed by atoms with van der Waals surface area (Å²) in [4.78, 5) is 33.7. The quantitative estimate of drug-likeness (QED) is 0.424. The maximum atomic E-state index is 11.2. The van der Waals surface area contributed by atoms with Crippen molar-refractivity contribution in [1.29, 1.82) is 5.26 Å². The molecule has 0 saturated carbocycles. The molecule has 0 saturated heterocycles. The minimum atomic E-state index is -0.810. The highest BCUT2D eigenvalue weighted by Gasteiger charge is 2.23. The number of carbonyl (C=O) groups excluding carboxylic acids is 1. The molecule has 1 heterocycles. The van der Waals surface area contributed by atoms with Crippen molar-refractivity contribution in [3.05, 3.63) is 37.3 Å². The Hall–Kier alpha value is -2.49. The summed E-state index contributed by atoms with van der Waals surface area (Å²) in [6.07, 6.45) is 0.138. The third kappa shape index (κ3) is 1.60. The van der Waals surface area contributed by atoms with Crippen LogP contribution in [0.5, 0.6) is 0 Å². The van der Waals surface area contributed by atoms with Crippen LogP contribution in [0.15, 0.2) is 4.79 Å². The first-order valence-corrected chi connectivity index (χ1v) is 3.79. The van der Waals surface area contributed by atoms with Gasteiger partial charge in [-0.25, -0.2) is 0 Å². The van der Waals surface area contributed by atoms with Crippen LogP contribution >= 0.6 is 0 Å². The lowest BCUT2D eigenvalue weighted by molar-refractivity contribution is -0.386. The highest BCUT2D eigenvalue weighted by Crippen LogP contribution is 2.20. The monoisotopic (exact) mass is 207 g/mol.